The largest absolute Gasteiger partial charge is 0.497 e. The molecule has 4 heteroatoms. The van der Waals surface area contributed by atoms with Crippen LogP contribution in [0.2, 0.25) is 0 Å². The Kier molecular flexibility index (Phi) is 5.69. The van der Waals surface area contributed by atoms with Gasteiger partial charge in [0.1, 0.15) is 5.75 Å². The number of hydrogen-bond acceptors (Lipinski definition) is 2. The van der Waals surface area contributed by atoms with Crippen LogP contribution in [0.25, 0.3) is 10.9 Å². The third-order valence-corrected chi connectivity index (χ3v) is 3.90. The van der Waals surface area contributed by atoms with Crippen LogP contribution in [0.4, 0.5) is 0 Å². The summed E-state index contributed by atoms with van der Waals surface area (Å²) in [7, 11) is 5.92. The number of H-pyrrole nitrogens is 1. The summed E-state index contributed by atoms with van der Waals surface area (Å²) in [5.41, 5.74) is 5.12. The van der Waals surface area contributed by atoms with Crippen LogP contribution in [0.15, 0.2) is 48.5 Å². The van der Waals surface area contributed by atoms with Crippen LogP contribution in [0.5, 0.6) is 5.75 Å². The summed E-state index contributed by atoms with van der Waals surface area (Å²) >= 11 is 0. The molecule has 0 saturated carbocycles. The fourth-order valence-corrected chi connectivity index (χ4v) is 2.86. The summed E-state index contributed by atoms with van der Waals surface area (Å²) < 4.78 is 5.38. The van der Waals surface area contributed by atoms with Crippen molar-refractivity contribution in [3.63, 3.8) is 0 Å². The Morgan fingerprint density at radius 2 is 1.78 bits per heavy atom. The summed E-state index contributed by atoms with van der Waals surface area (Å²) in [4.78, 5) is 5.79. The molecule has 0 radical (unpaired) electrons. The van der Waals surface area contributed by atoms with Gasteiger partial charge in [-0.15, -0.1) is 12.4 Å². The third-order valence-electron chi connectivity index (χ3n) is 3.90. The van der Waals surface area contributed by atoms with E-state index in [2.05, 4.69) is 66.4 Å². The predicted octanol–water partition coefficient (Wildman–Crippen LogP) is 4.25. The highest BCUT2D eigenvalue weighted by molar-refractivity contribution is 5.86. The van der Waals surface area contributed by atoms with Crippen molar-refractivity contribution >= 4 is 23.3 Å². The van der Waals surface area contributed by atoms with Crippen molar-refractivity contribution in [2.75, 3.05) is 21.2 Å². The van der Waals surface area contributed by atoms with Crippen LogP contribution in [-0.4, -0.2) is 31.1 Å². The van der Waals surface area contributed by atoms with Crippen molar-refractivity contribution in [2.24, 2.45) is 0 Å². The van der Waals surface area contributed by atoms with Crippen LogP contribution in [0.3, 0.4) is 0 Å². The summed E-state index contributed by atoms with van der Waals surface area (Å²) in [6, 6.07) is 16.8. The van der Waals surface area contributed by atoms with E-state index in [4.69, 9.17) is 4.74 Å². The Morgan fingerprint density at radius 1 is 1.04 bits per heavy atom. The van der Waals surface area contributed by atoms with E-state index in [9.17, 15) is 0 Å². The molecule has 0 unspecified atom stereocenters. The number of hydrogen-bond donors (Lipinski definition) is 1. The fourth-order valence-electron chi connectivity index (χ4n) is 2.86. The van der Waals surface area contributed by atoms with Crippen LogP contribution >= 0.6 is 12.4 Å². The topological polar surface area (TPSA) is 28.3 Å². The molecule has 0 spiro atoms. The second kappa shape index (κ2) is 7.53. The van der Waals surface area contributed by atoms with Crippen LogP contribution in [-0.2, 0) is 13.0 Å². The molecule has 0 aliphatic rings. The van der Waals surface area contributed by atoms with E-state index in [0.29, 0.717) is 0 Å². The summed E-state index contributed by atoms with van der Waals surface area (Å²) in [5, 5.41) is 1.25. The molecule has 0 aliphatic heterocycles. The molecular formula is C19H23ClN2O. The average molecular weight is 331 g/mol. The zero-order chi connectivity index (χ0) is 15.5. The fraction of sp³-hybridized carbons (Fsp3) is 0.263. The number of aromatic nitrogens is 1. The molecule has 122 valence electrons. The predicted molar refractivity (Wildman–Crippen MR) is 98.7 cm³/mol. The maximum absolute atomic E-state index is 5.38. The van der Waals surface area contributed by atoms with Gasteiger partial charge in [-0.05, 0) is 43.4 Å². The zero-order valence-corrected chi connectivity index (χ0v) is 14.6. The van der Waals surface area contributed by atoms with Crippen molar-refractivity contribution < 1.29 is 4.74 Å². The molecule has 3 rings (SSSR count). The van der Waals surface area contributed by atoms with Gasteiger partial charge in [0.05, 0.1) is 7.11 Å². The van der Waals surface area contributed by atoms with Gasteiger partial charge in [0.15, 0.2) is 0 Å². The number of nitrogens with zero attached hydrogens (tertiary/aromatic N) is 1. The van der Waals surface area contributed by atoms with E-state index in [1.54, 1.807) is 7.11 Å². The maximum Gasteiger partial charge on any atom is 0.119 e. The number of fused-ring (bicyclic) bond motifs is 1. The minimum Gasteiger partial charge on any atom is -0.497 e. The highest BCUT2D eigenvalue weighted by Gasteiger charge is 2.13. The van der Waals surface area contributed by atoms with E-state index in [1.165, 1.54) is 27.7 Å². The number of rotatable bonds is 5. The van der Waals surface area contributed by atoms with Crippen molar-refractivity contribution in [1.82, 2.24) is 9.88 Å². The molecular weight excluding hydrogens is 308 g/mol. The second-order valence-corrected chi connectivity index (χ2v) is 5.89. The lowest BCUT2D eigenvalue weighted by Gasteiger charge is -2.11. The van der Waals surface area contributed by atoms with Gasteiger partial charge in [0.25, 0.3) is 0 Å². The molecule has 1 aromatic heterocycles. The SMILES string of the molecule is COc1ccc2[nH]c(Cc3ccccc3)c(CN(C)C)c2c1.Cl. The highest BCUT2D eigenvalue weighted by Crippen LogP contribution is 2.28. The minimum atomic E-state index is 0. The van der Waals surface area contributed by atoms with E-state index in [1.807, 2.05) is 6.07 Å². The van der Waals surface area contributed by atoms with Gasteiger partial charge >= 0.3 is 0 Å². The van der Waals surface area contributed by atoms with Crippen molar-refractivity contribution in [1.29, 1.82) is 0 Å². The van der Waals surface area contributed by atoms with Gasteiger partial charge in [-0.1, -0.05) is 30.3 Å². The Bertz CT molecular complexity index is 766. The molecule has 0 bridgehead atoms. The molecule has 2 aromatic carbocycles. The van der Waals surface area contributed by atoms with E-state index in [0.717, 1.165) is 18.7 Å². The third kappa shape index (κ3) is 3.87. The molecule has 0 amide bonds. The molecule has 23 heavy (non-hydrogen) atoms. The lowest BCUT2D eigenvalue weighted by Crippen LogP contribution is -2.12. The average Bonchev–Trinajstić information content (AvgIpc) is 2.84. The van der Waals surface area contributed by atoms with Gasteiger partial charge in [-0.3, -0.25) is 0 Å². The van der Waals surface area contributed by atoms with Gasteiger partial charge < -0.3 is 14.6 Å². The molecule has 0 aliphatic carbocycles. The Hall–Kier alpha value is -1.97. The van der Waals surface area contributed by atoms with Crippen molar-refractivity contribution in [3.05, 3.63) is 65.4 Å². The van der Waals surface area contributed by atoms with Gasteiger partial charge in [0.2, 0.25) is 0 Å². The Labute approximate surface area is 143 Å². The second-order valence-electron chi connectivity index (χ2n) is 5.89. The molecule has 0 fully saturated rings. The Balaban J connectivity index is 0.00000192. The van der Waals surface area contributed by atoms with Crippen LogP contribution < -0.4 is 4.74 Å². The standard InChI is InChI=1S/C19H22N2O.ClH/c1-21(2)13-17-16-12-15(22-3)9-10-18(16)20-19(17)11-14-7-5-4-6-8-14;/h4-10,12,20H,11,13H2,1-3H3;1H. The lowest BCUT2D eigenvalue weighted by atomic mass is 10.0. The first-order chi connectivity index (χ1) is 10.7. The normalized spacial score (nSPS) is 10.8. The number of methoxy groups -OCH3 is 1. The molecule has 3 nitrogen and oxygen atoms in total. The van der Waals surface area contributed by atoms with E-state index in [-0.39, 0.29) is 12.4 Å². The lowest BCUT2D eigenvalue weighted by molar-refractivity contribution is 0.402. The quantitative estimate of drug-likeness (QED) is 0.757. The first kappa shape index (κ1) is 17.4. The maximum atomic E-state index is 5.38. The van der Waals surface area contributed by atoms with E-state index < -0.39 is 0 Å². The number of benzene rings is 2. The summed E-state index contributed by atoms with van der Waals surface area (Å²) in [6.45, 7) is 0.912. The van der Waals surface area contributed by atoms with Crippen LogP contribution in [0, 0.1) is 0 Å². The van der Waals surface area contributed by atoms with E-state index >= 15 is 0 Å². The first-order valence-corrected chi connectivity index (χ1v) is 7.53. The highest BCUT2D eigenvalue weighted by atomic mass is 35.5. The first-order valence-electron chi connectivity index (χ1n) is 7.53. The number of halogens is 1. The number of ether oxygens (including phenoxy) is 1. The monoisotopic (exact) mass is 330 g/mol. The zero-order valence-electron chi connectivity index (χ0n) is 13.8. The molecule has 0 saturated heterocycles. The number of aromatic amines is 1. The minimum absolute atomic E-state index is 0. The molecule has 1 heterocycles. The van der Waals surface area contributed by atoms with Crippen molar-refractivity contribution in [2.45, 2.75) is 13.0 Å². The number of nitrogens with one attached hydrogen (secondary N) is 1. The smallest absolute Gasteiger partial charge is 0.119 e. The van der Waals surface area contributed by atoms with Crippen LogP contribution in [0.1, 0.15) is 16.8 Å². The summed E-state index contributed by atoms with van der Waals surface area (Å²) in [6.07, 6.45) is 0.918. The van der Waals surface area contributed by atoms with Gasteiger partial charge in [-0.2, -0.15) is 0 Å². The molecule has 1 N–H and O–H groups in total. The summed E-state index contributed by atoms with van der Waals surface area (Å²) in [5.74, 6) is 0.901. The van der Waals surface area contributed by atoms with Gasteiger partial charge in [-0.25, -0.2) is 0 Å². The van der Waals surface area contributed by atoms with Crippen molar-refractivity contribution in [3.8, 4) is 5.75 Å². The molecule has 0 atom stereocenters. The van der Waals surface area contributed by atoms with Gasteiger partial charge in [0, 0.05) is 29.6 Å². The molecule has 3 aromatic rings. The Morgan fingerprint density at radius 3 is 2.43 bits per heavy atom.